The Balaban J connectivity index is 0.00000196. The Morgan fingerprint density at radius 1 is 1.40 bits per heavy atom. The van der Waals surface area contributed by atoms with Gasteiger partial charge < -0.3 is 16.8 Å². The molecule has 1 rings (SSSR count). The first kappa shape index (κ1) is 13.3. The van der Waals surface area contributed by atoms with E-state index < -0.39 is 0 Å². The van der Waals surface area contributed by atoms with Gasteiger partial charge in [0.1, 0.15) is 0 Å². The van der Waals surface area contributed by atoms with Crippen LogP contribution in [0.2, 0.25) is 0 Å². The maximum atomic E-state index is 10.9. The predicted octanol–water partition coefficient (Wildman–Crippen LogP) is 1.03. The fourth-order valence-electron chi connectivity index (χ4n) is 0.986. The lowest BCUT2D eigenvalue weighted by Crippen LogP contribution is -2.13. The fraction of sp³-hybridized carbons (Fsp3) is 0.100. The zero-order valence-corrected chi connectivity index (χ0v) is 9.17. The molecule has 0 aliphatic rings. The zero-order chi connectivity index (χ0) is 10.6. The third-order valence-electron chi connectivity index (χ3n) is 1.77. The molecule has 1 aromatic rings. The van der Waals surface area contributed by atoms with E-state index >= 15 is 0 Å². The average molecular weight is 228 g/mol. The highest BCUT2D eigenvalue weighted by molar-refractivity contribution is 5.92. The molecule has 4 nitrogen and oxygen atoms in total. The predicted molar refractivity (Wildman–Crippen MR) is 65.6 cm³/mol. The second-order valence-electron chi connectivity index (χ2n) is 2.84. The van der Waals surface area contributed by atoms with Crippen molar-refractivity contribution in [3.8, 4) is 0 Å². The summed E-state index contributed by atoms with van der Waals surface area (Å²) in [5.41, 5.74) is 13.2. The van der Waals surface area contributed by atoms with Crippen molar-refractivity contribution in [2.45, 2.75) is 0 Å². The van der Waals surface area contributed by atoms with Crippen molar-refractivity contribution in [1.82, 2.24) is 5.32 Å². The number of hydrogen-bond donors (Lipinski definition) is 3. The molecule has 0 fully saturated rings. The van der Waals surface area contributed by atoms with E-state index in [2.05, 4.69) is 5.32 Å². The minimum atomic E-state index is -0.174. The Labute approximate surface area is 94.7 Å². The first-order valence-electron chi connectivity index (χ1n) is 4.18. The van der Waals surface area contributed by atoms with Gasteiger partial charge in [0.05, 0.1) is 0 Å². The number of nitrogen functional groups attached to an aromatic ring is 2. The van der Waals surface area contributed by atoms with Crippen molar-refractivity contribution in [2.75, 3.05) is 18.5 Å². The van der Waals surface area contributed by atoms with Gasteiger partial charge in [0.2, 0.25) is 5.91 Å². The molecule has 0 saturated carbocycles. The lowest BCUT2D eigenvalue weighted by molar-refractivity contribution is -0.115. The van der Waals surface area contributed by atoms with E-state index in [1.807, 2.05) is 0 Å². The number of carbonyl (C=O) groups is 1. The molecule has 5 heteroatoms. The van der Waals surface area contributed by atoms with Gasteiger partial charge in [0, 0.05) is 24.5 Å². The van der Waals surface area contributed by atoms with Gasteiger partial charge in [-0.2, -0.15) is 0 Å². The lowest BCUT2D eigenvalue weighted by atomic mass is 10.1. The summed E-state index contributed by atoms with van der Waals surface area (Å²) in [6, 6.07) is 5.14. The van der Waals surface area contributed by atoms with Crippen LogP contribution in [0.3, 0.4) is 0 Å². The monoisotopic (exact) mass is 227 g/mol. The molecule has 15 heavy (non-hydrogen) atoms. The van der Waals surface area contributed by atoms with Crippen molar-refractivity contribution in [3.63, 3.8) is 0 Å². The largest absolute Gasteiger partial charge is 0.399 e. The number of nitrogens with two attached hydrogens (primary N) is 2. The summed E-state index contributed by atoms with van der Waals surface area (Å²) < 4.78 is 0. The van der Waals surface area contributed by atoms with Crippen LogP contribution in [0.25, 0.3) is 6.08 Å². The number of likely N-dealkylation sites (N-methyl/N-ethyl adjacent to an activating group) is 1. The molecule has 0 spiro atoms. The van der Waals surface area contributed by atoms with Crippen LogP contribution < -0.4 is 16.8 Å². The van der Waals surface area contributed by atoms with Gasteiger partial charge in [0.25, 0.3) is 0 Å². The number of hydrogen-bond acceptors (Lipinski definition) is 3. The number of amides is 1. The Kier molecular flexibility index (Phi) is 5.26. The molecule has 0 aliphatic carbocycles. The Bertz CT molecular complexity index is 377. The molecule has 0 atom stereocenters. The quantitative estimate of drug-likeness (QED) is 0.522. The average Bonchev–Trinajstić information content (AvgIpc) is 2.19. The van der Waals surface area contributed by atoms with E-state index in [1.165, 1.54) is 6.08 Å². The SMILES string of the molecule is CNC(=O)/C=C/c1cc(N)ccc1N.Cl. The molecule has 0 saturated heterocycles. The highest BCUT2D eigenvalue weighted by atomic mass is 35.5. The van der Waals surface area contributed by atoms with Crippen LogP contribution in [0.4, 0.5) is 11.4 Å². The highest BCUT2D eigenvalue weighted by Crippen LogP contribution is 2.16. The molecule has 1 amide bonds. The number of anilines is 2. The van der Waals surface area contributed by atoms with Gasteiger partial charge in [-0.1, -0.05) is 0 Å². The molecule has 5 N–H and O–H groups in total. The number of nitrogens with one attached hydrogen (secondary N) is 1. The summed E-state index contributed by atoms with van der Waals surface area (Å²) in [5.74, 6) is -0.174. The van der Waals surface area contributed by atoms with Crippen LogP contribution in [-0.2, 0) is 4.79 Å². The molecule has 0 heterocycles. The van der Waals surface area contributed by atoms with Gasteiger partial charge in [0.15, 0.2) is 0 Å². The summed E-state index contributed by atoms with van der Waals surface area (Å²) in [6.45, 7) is 0. The third-order valence-corrected chi connectivity index (χ3v) is 1.77. The third kappa shape index (κ3) is 3.91. The molecule has 1 aromatic carbocycles. The van der Waals surface area contributed by atoms with Crippen molar-refractivity contribution in [1.29, 1.82) is 0 Å². The van der Waals surface area contributed by atoms with Gasteiger partial charge in [-0.3, -0.25) is 4.79 Å². The van der Waals surface area contributed by atoms with Crippen LogP contribution in [-0.4, -0.2) is 13.0 Å². The van der Waals surface area contributed by atoms with Crippen molar-refractivity contribution < 1.29 is 4.79 Å². The van der Waals surface area contributed by atoms with Crippen LogP contribution in [0.5, 0.6) is 0 Å². The van der Waals surface area contributed by atoms with Gasteiger partial charge in [-0.25, -0.2) is 0 Å². The summed E-state index contributed by atoms with van der Waals surface area (Å²) in [6.07, 6.45) is 3.04. The minimum absolute atomic E-state index is 0. The maximum absolute atomic E-state index is 10.9. The van der Waals surface area contributed by atoms with Crippen LogP contribution >= 0.6 is 12.4 Å². The van der Waals surface area contributed by atoms with Gasteiger partial charge in [-0.15, -0.1) is 12.4 Å². The Morgan fingerprint density at radius 3 is 2.67 bits per heavy atom. The molecular weight excluding hydrogens is 214 g/mol. The second kappa shape index (κ2) is 5.93. The standard InChI is InChI=1S/C10H13N3O.ClH/c1-13-10(14)5-2-7-6-8(11)3-4-9(7)12;/h2-6H,11-12H2,1H3,(H,13,14);1H/b5-2+;. The summed E-state index contributed by atoms with van der Waals surface area (Å²) in [4.78, 5) is 10.9. The van der Waals surface area contributed by atoms with E-state index in [-0.39, 0.29) is 18.3 Å². The summed E-state index contributed by atoms with van der Waals surface area (Å²) >= 11 is 0. The number of carbonyl (C=O) groups excluding carboxylic acids is 1. The van der Waals surface area contributed by atoms with Crippen molar-refractivity contribution in [2.24, 2.45) is 0 Å². The molecule has 82 valence electrons. The number of halogens is 1. The summed E-state index contributed by atoms with van der Waals surface area (Å²) in [5, 5.41) is 2.47. The topological polar surface area (TPSA) is 81.1 Å². The molecule has 0 aromatic heterocycles. The Hall–Kier alpha value is -1.68. The normalized spacial score (nSPS) is 9.67. The number of rotatable bonds is 2. The summed E-state index contributed by atoms with van der Waals surface area (Å²) in [7, 11) is 1.56. The van der Waals surface area contributed by atoms with Crippen LogP contribution in [0.15, 0.2) is 24.3 Å². The minimum Gasteiger partial charge on any atom is -0.399 e. The lowest BCUT2D eigenvalue weighted by Gasteiger charge is -2.01. The molecule has 0 radical (unpaired) electrons. The van der Waals surface area contributed by atoms with Gasteiger partial charge in [-0.05, 0) is 29.8 Å². The first-order chi connectivity index (χ1) is 6.63. The van der Waals surface area contributed by atoms with Crippen molar-refractivity contribution >= 4 is 35.8 Å². The number of benzene rings is 1. The molecule has 0 bridgehead atoms. The molecular formula is C10H14ClN3O. The van der Waals surface area contributed by atoms with Crippen LogP contribution in [0, 0.1) is 0 Å². The maximum Gasteiger partial charge on any atom is 0.243 e. The second-order valence-corrected chi connectivity index (χ2v) is 2.84. The highest BCUT2D eigenvalue weighted by Gasteiger charge is 1.96. The van der Waals surface area contributed by atoms with E-state index in [1.54, 1.807) is 31.3 Å². The van der Waals surface area contributed by atoms with E-state index in [0.717, 1.165) is 5.56 Å². The van der Waals surface area contributed by atoms with Crippen LogP contribution in [0.1, 0.15) is 5.56 Å². The smallest absolute Gasteiger partial charge is 0.243 e. The zero-order valence-electron chi connectivity index (χ0n) is 8.36. The van der Waals surface area contributed by atoms with Crippen molar-refractivity contribution in [3.05, 3.63) is 29.8 Å². The Morgan fingerprint density at radius 2 is 2.07 bits per heavy atom. The van der Waals surface area contributed by atoms with E-state index in [9.17, 15) is 4.79 Å². The first-order valence-corrected chi connectivity index (χ1v) is 4.18. The van der Waals surface area contributed by atoms with E-state index in [0.29, 0.717) is 11.4 Å². The molecule has 0 unspecified atom stereocenters. The molecule has 0 aliphatic heterocycles. The van der Waals surface area contributed by atoms with E-state index in [4.69, 9.17) is 11.5 Å². The fourth-order valence-corrected chi connectivity index (χ4v) is 0.986. The van der Waals surface area contributed by atoms with Gasteiger partial charge >= 0.3 is 0 Å².